The Hall–Kier alpha value is -4.09. The molecule has 12 nitrogen and oxygen atoms in total. The molecule has 2 rings (SSSR count). The molecule has 0 saturated heterocycles. The summed E-state index contributed by atoms with van der Waals surface area (Å²) >= 11 is 0. The van der Waals surface area contributed by atoms with Crippen molar-refractivity contribution in [3.63, 3.8) is 0 Å². The van der Waals surface area contributed by atoms with Crippen LogP contribution in [-0.4, -0.2) is 20.7 Å². The molecule has 3 N–H and O–H groups in total. The molecule has 12 heteroatoms. The van der Waals surface area contributed by atoms with Crippen molar-refractivity contribution in [2.24, 2.45) is 0 Å². The first-order valence-electron chi connectivity index (χ1n) is 6.90. The predicted molar refractivity (Wildman–Crippen MR) is 89.9 cm³/mol. The number of amides is 1. The van der Waals surface area contributed by atoms with E-state index in [0.717, 1.165) is 12.1 Å². The molecule has 0 aliphatic carbocycles. The van der Waals surface area contributed by atoms with Gasteiger partial charge in [-0.25, -0.2) is 0 Å². The summed E-state index contributed by atoms with van der Waals surface area (Å²) in [4.78, 5) is 42.6. The van der Waals surface area contributed by atoms with Crippen LogP contribution in [0.4, 0.5) is 28.4 Å². The van der Waals surface area contributed by atoms with Gasteiger partial charge in [0, 0.05) is 23.9 Å². The summed E-state index contributed by atoms with van der Waals surface area (Å²) in [6, 6.07) is 5.12. The Morgan fingerprint density at radius 2 is 1.58 bits per heavy atom. The zero-order chi connectivity index (χ0) is 19.6. The molecular formula is C14H11N5O7. The number of hydrogen-bond acceptors (Lipinski definition) is 8. The Bertz CT molecular complexity index is 957. The maximum atomic E-state index is 12.4. The van der Waals surface area contributed by atoms with Gasteiger partial charge in [-0.1, -0.05) is 0 Å². The van der Waals surface area contributed by atoms with Crippen molar-refractivity contribution in [1.82, 2.24) is 0 Å². The second kappa shape index (κ2) is 6.80. The monoisotopic (exact) mass is 361 g/mol. The third kappa shape index (κ3) is 3.53. The van der Waals surface area contributed by atoms with Crippen LogP contribution in [0.3, 0.4) is 0 Å². The lowest BCUT2D eigenvalue weighted by Crippen LogP contribution is -2.16. The van der Waals surface area contributed by atoms with Gasteiger partial charge in [-0.2, -0.15) is 0 Å². The fraction of sp³-hybridized carbons (Fsp3) is 0.0714. The molecule has 26 heavy (non-hydrogen) atoms. The Kier molecular flexibility index (Phi) is 4.77. The Morgan fingerprint density at radius 3 is 2.08 bits per heavy atom. The standard InChI is InChI=1S/C14H11N5O7/c1-7-4-8(17(21)22)2-3-11(7)16-14(20)10-5-9(18(23)24)6-12(13(10)15)19(25)26/h2-6H,15H2,1H3,(H,16,20). The van der Waals surface area contributed by atoms with E-state index < -0.39 is 43.3 Å². The number of nitrogens with two attached hydrogens (primary N) is 1. The molecule has 0 fully saturated rings. The highest BCUT2D eigenvalue weighted by molar-refractivity contribution is 6.09. The number of hydrogen-bond donors (Lipinski definition) is 2. The molecular weight excluding hydrogens is 350 g/mol. The van der Waals surface area contributed by atoms with Crippen LogP contribution in [0.15, 0.2) is 30.3 Å². The second-order valence-corrected chi connectivity index (χ2v) is 5.15. The number of benzene rings is 2. The number of carbonyl (C=O) groups is 1. The number of nitro benzene ring substituents is 3. The number of nitrogens with one attached hydrogen (secondary N) is 1. The van der Waals surface area contributed by atoms with Crippen molar-refractivity contribution >= 4 is 34.3 Å². The number of anilines is 2. The topological polar surface area (TPSA) is 185 Å². The van der Waals surface area contributed by atoms with Gasteiger partial charge in [0.2, 0.25) is 0 Å². The van der Waals surface area contributed by atoms with Crippen LogP contribution in [0.25, 0.3) is 0 Å². The Balaban J connectivity index is 2.45. The van der Waals surface area contributed by atoms with Gasteiger partial charge < -0.3 is 11.1 Å². The van der Waals surface area contributed by atoms with Crippen molar-refractivity contribution in [1.29, 1.82) is 0 Å². The summed E-state index contributed by atoms with van der Waals surface area (Å²) in [6.45, 7) is 1.50. The van der Waals surface area contributed by atoms with Crippen LogP contribution < -0.4 is 11.1 Å². The van der Waals surface area contributed by atoms with Gasteiger partial charge in [-0.15, -0.1) is 0 Å². The molecule has 0 radical (unpaired) electrons. The van der Waals surface area contributed by atoms with Gasteiger partial charge in [0.15, 0.2) is 0 Å². The molecule has 0 unspecified atom stereocenters. The second-order valence-electron chi connectivity index (χ2n) is 5.15. The molecule has 0 aliphatic heterocycles. The van der Waals surface area contributed by atoms with E-state index in [0.29, 0.717) is 11.6 Å². The quantitative estimate of drug-likeness (QED) is 0.462. The predicted octanol–water partition coefficient (Wildman–Crippen LogP) is 2.55. The molecule has 1 amide bonds. The minimum atomic E-state index is -0.934. The maximum absolute atomic E-state index is 12.4. The number of aryl methyl sites for hydroxylation is 1. The van der Waals surface area contributed by atoms with Gasteiger partial charge >= 0.3 is 0 Å². The van der Waals surface area contributed by atoms with E-state index in [1.165, 1.54) is 19.1 Å². The highest BCUT2D eigenvalue weighted by atomic mass is 16.6. The normalized spacial score (nSPS) is 10.2. The Labute approximate surface area is 144 Å². The maximum Gasteiger partial charge on any atom is 0.299 e. The first kappa shape index (κ1) is 18.3. The van der Waals surface area contributed by atoms with E-state index in [1.54, 1.807) is 0 Å². The van der Waals surface area contributed by atoms with Gasteiger partial charge in [0.25, 0.3) is 23.0 Å². The van der Waals surface area contributed by atoms with E-state index >= 15 is 0 Å². The van der Waals surface area contributed by atoms with E-state index in [-0.39, 0.29) is 11.4 Å². The van der Waals surface area contributed by atoms with E-state index in [9.17, 15) is 35.1 Å². The number of rotatable bonds is 5. The molecule has 2 aromatic rings. The van der Waals surface area contributed by atoms with Crippen LogP contribution in [0, 0.1) is 37.3 Å². The highest BCUT2D eigenvalue weighted by Crippen LogP contribution is 2.32. The van der Waals surface area contributed by atoms with Gasteiger partial charge in [-0.3, -0.25) is 35.1 Å². The van der Waals surface area contributed by atoms with Gasteiger partial charge in [0.05, 0.1) is 26.4 Å². The number of carbonyl (C=O) groups excluding carboxylic acids is 1. The summed E-state index contributed by atoms with van der Waals surface area (Å²) in [6.07, 6.45) is 0. The van der Waals surface area contributed by atoms with Crippen molar-refractivity contribution in [3.8, 4) is 0 Å². The average Bonchev–Trinajstić information content (AvgIpc) is 2.55. The largest absolute Gasteiger partial charge is 0.392 e. The fourth-order valence-electron chi connectivity index (χ4n) is 2.16. The zero-order valence-electron chi connectivity index (χ0n) is 13.2. The smallest absolute Gasteiger partial charge is 0.299 e. The van der Waals surface area contributed by atoms with Crippen LogP contribution in [-0.2, 0) is 0 Å². The summed E-state index contributed by atoms with van der Waals surface area (Å²) in [5, 5.41) is 35.0. The summed E-state index contributed by atoms with van der Waals surface area (Å²) in [5.74, 6) is -0.925. The van der Waals surface area contributed by atoms with E-state index in [2.05, 4.69) is 5.32 Å². The molecule has 0 aliphatic rings. The highest BCUT2D eigenvalue weighted by Gasteiger charge is 2.26. The first-order valence-corrected chi connectivity index (χ1v) is 6.90. The third-order valence-corrected chi connectivity index (χ3v) is 3.46. The average molecular weight is 361 g/mol. The molecule has 0 bridgehead atoms. The number of nitrogen functional groups attached to an aromatic ring is 1. The first-order chi connectivity index (χ1) is 12.1. The van der Waals surface area contributed by atoms with Crippen LogP contribution in [0.5, 0.6) is 0 Å². The fourth-order valence-corrected chi connectivity index (χ4v) is 2.16. The lowest BCUT2D eigenvalue weighted by atomic mass is 10.1. The van der Waals surface area contributed by atoms with Gasteiger partial charge in [-0.05, 0) is 18.6 Å². The summed E-state index contributed by atoms with van der Waals surface area (Å²) in [5.41, 5.74) is 3.52. The number of nitrogens with zero attached hydrogens (tertiary/aromatic N) is 3. The Morgan fingerprint density at radius 1 is 0.962 bits per heavy atom. The third-order valence-electron chi connectivity index (χ3n) is 3.46. The van der Waals surface area contributed by atoms with Crippen LogP contribution >= 0.6 is 0 Å². The molecule has 0 saturated carbocycles. The van der Waals surface area contributed by atoms with E-state index in [1.807, 2.05) is 0 Å². The van der Waals surface area contributed by atoms with Crippen molar-refractivity contribution in [2.45, 2.75) is 6.92 Å². The number of nitro groups is 3. The summed E-state index contributed by atoms with van der Waals surface area (Å²) in [7, 11) is 0. The summed E-state index contributed by atoms with van der Waals surface area (Å²) < 4.78 is 0. The van der Waals surface area contributed by atoms with Crippen molar-refractivity contribution in [2.75, 3.05) is 11.1 Å². The lowest BCUT2D eigenvalue weighted by Gasteiger charge is -2.10. The molecule has 134 valence electrons. The van der Waals surface area contributed by atoms with Crippen LogP contribution in [0.2, 0.25) is 0 Å². The minimum absolute atomic E-state index is 0.189. The molecule has 2 aromatic carbocycles. The molecule has 0 heterocycles. The molecule has 0 aromatic heterocycles. The zero-order valence-corrected chi connectivity index (χ0v) is 13.2. The van der Waals surface area contributed by atoms with Crippen molar-refractivity contribution < 1.29 is 19.6 Å². The molecule has 0 atom stereocenters. The minimum Gasteiger partial charge on any atom is -0.392 e. The SMILES string of the molecule is Cc1cc([N+](=O)[O-])ccc1NC(=O)c1cc([N+](=O)[O-])cc([N+](=O)[O-])c1N. The van der Waals surface area contributed by atoms with Crippen molar-refractivity contribution in [3.05, 3.63) is 71.8 Å². The number of non-ortho nitro benzene ring substituents is 2. The van der Waals surface area contributed by atoms with E-state index in [4.69, 9.17) is 5.73 Å². The molecule has 0 spiro atoms. The van der Waals surface area contributed by atoms with Gasteiger partial charge in [0.1, 0.15) is 5.69 Å². The lowest BCUT2D eigenvalue weighted by molar-refractivity contribution is -0.393. The van der Waals surface area contributed by atoms with Crippen LogP contribution in [0.1, 0.15) is 15.9 Å².